The van der Waals surface area contributed by atoms with Crippen LogP contribution < -0.4 is 15.0 Å². The van der Waals surface area contributed by atoms with Crippen LogP contribution in [0.1, 0.15) is 10.4 Å². The van der Waals surface area contributed by atoms with Crippen LogP contribution in [-0.4, -0.2) is 39.3 Å². The lowest BCUT2D eigenvalue weighted by Gasteiger charge is -2.29. The summed E-state index contributed by atoms with van der Waals surface area (Å²) < 4.78 is 10.7. The van der Waals surface area contributed by atoms with Crippen molar-refractivity contribution in [2.45, 2.75) is 0 Å². The minimum atomic E-state index is -0.227. The zero-order valence-corrected chi connectivity index (χ0v) is 14.2. The molecule has 0 aromatic heterocycles. The largest absolute Gasteiger partial charge is 0.495 e. The number of halogens is 1. The second kappa shape index (κ2) is 7.55. The minimum Gasteiger partial charge on any atom is -0.495 e. The van der Waals surface area contributed by atoms with E-state index in [1.807, 2.05) is 18.2 Å². The number of anilines is 2. The van der Waals surface area contributed by atoms with Gasteiger partial charge in [0.1, 0.15) is 5.75 Å². The monoisotopic (exact) mass is 346 g/mol. The average Bonchev–Trinajstić information content (AvgIpc) is 2.62. The van der Waals surface area contributed by atoms with E-state index in [1.165, 1.54) is 0 Å². The molecular weight excluding hydrogens is 328 g/mol. The lowest BCUT2D eigenvalue weighted by Crippen LogP contribution is -2.36. The molecular formula is C18H19ClN2O3. The minimum absolute atomic E-state index is 0.227. The molecule has 1 N–H and O–H groups in total. The first kappa shape index (κ1) is 16.6. The van der Waals surface area contributed by atoms with E-state index in [4.69, 9.17) is 21.1 Å². The van der Waals surface area contributed by atoms with E-state index in [-0.39, 0.29) is 5.91 Å². The summed E-state index contributed by atoms with van der Waals surface area (Å²) in [4.78, 5) is 14.7. The molecule has 0 atom stereocenters. The van der Waals surface area contributed by atoms with E-state index in [9.17, 15) is 4.79 Å². The second-order valence-corrected chi connectivity index (χ2v) is 5.88. The first-order valence-corrected chi connectivity index (χ1v) is 8.13. The molecule has 1 amide bonds. The number of morpholine rings is 1. The summed E-state index contributed by atoms with van der Waals surface area (Å²) >= 11 is 5.95. The summed E-state index contributed by atoms with van der Waals surface area (Å²) in [5.41, 5.74) is 2.16. The van der Waals surface area contributed by atoms with Gasteiger partial charge in [0.05, 0.1) is 26.0 Å². The molecule has 0 saturated carbocycles. The van der Waals surface area contributed by atoms with E-state index in [2.05, 4.69) is 10.2 Å². The highest BCUT2D eigenvalue weighted by Crippen LogP contribution is 2.30. The van der Waals surface area contributed by atoms with Crippen LogP contribution in [0.15, 0.2) is 42.5 Å². The fourth-order valence-corrected chi connectivity index (χ4v) is 2.83. The van der Waals surface area contributed by atoms with E-state index < -0.39 is 0 Å². The van der Waals surface area contributed by atoms with Gasteiger partial charge in [0.15, 0.2) is 0 Å². The molecule has 3 rings (SSSR count). The number of carbonyl (C=O) groups excluding carboxylic acids is 1. The third-order valence-corrected chi connectivity index (χ3v) is 4.13. The highest BCUT2D eigenvalue weighted by Gasteiger charge is 2.15. The normalized spacial score (nSPS) is 14.3. The van der Waals surface area contributed by atoms with Gasteiger partial charge in [-0.1, -0.05) is 17.7 Å². The van der Waals surface area contributed by atoms with Gasteiger partial charge in [-0.15, -0.1) is 0 Å². The number of benzene rings is 2. The Labute approximate surface area is 146 Å². The van der Waals surface area contributed by atoms with Crippen LogP contribution in [0.4, 0.5) is 11.4 Å². The standard InChI is InChI=1S/C18H19ClN2O3/c1-23-17-6-5-15(21-7-9-24-10-8-21)12-16(17)20-18(22)13-3-2-4-14(19)11-13/h2-6,11-12H,7-10H2,1H3,(H,20,22). The number of amides is 1. The van der Waals surface area contributed by atoms with Crippen LogP contribution in [0.25, 0.3) is 0 Å². The first-order chi connectivity index (χ1) is 11.7. The van der Waals surface area contributed by atoms with Crippen molar-refractivity contribution in [3.63, 3.8) is 0 Å². The van der Waals surface area contributed by atoms with Gasteiger partial charge in [-0.3, -0.25) is 4.79 Å². The molecule has 1 aliphatic rings. The number of methoxy groups -OCH3 is 1. The molecule has 2 aromatic rings. The molecule has 0 bridgehead atoms. The molecule has 1 fully saturated rings. The number of hydrogen-bond acceptors (Lipinski definition) is 4. The van der Waals surface area contributed by atoms with Gasteiger partial charge in [-0.2, -0.15) is 0 Å². The number of nitrogens with one attached hydrogen (secondary N) is 1. The Balaban J connectivity index is 1.83. The number of rotatable bonds is 4. The van der Waals surface area contributed by atoms with Crippen LogP contribution in [0, 0.1) is 0 Å². The Kier molecular flexibility index (Phi) is 5.23. The van der Waals surface area contributed by atoms with Gasteiger partial charge < -0.3 is 19.7 Å². The van der Waals surface area contributed by atoms with Crippen LogP contribution in [0.5, 0.6) is 5.75 Å². The SMILES string of the molecule is COc1ccc(N2CCOCC2)cc1NC(=O)c1cccc(Cl)c1. The lowest BCUT2D eigenvalue weighted by molar-refractivity contribution is 0.102. The lowest BCUT2D eigenvalue weighted by atomic mass is 10.2. The van der Waals surface area contributed by atoms with Crippen LogP contribution >= 0.6 is 11.6 Å². The van der Waals surface area contributed by atoms with Crippen molar-refractivity contribution in [1.82, 2.24) is 0 Å². The molecule has 0 radical (unpaired) electrons. The van der Waals surface area contributed by atoms with Gasteiger partial charge in [0, 0.05) is 29.4 Å². The molecule has 0 unspecified atom stereocenters. The fraction of sp³-hybridized carbons (Fsp3) is 0.278. The van der Waals surface area contributed by atoms with E-state index in [1.54, 1.807) is 31.4 Å². The molecule has 5 nitrogen and oxygen atoms in total. The van der Waals surface area contributed by atoms with E-state index in [0.29, 0.717) is 35.2 Å². The smallest absolute Gasteiger partial charge is 0.255 e. The number of carbonyl (C=O) groups is 1. The van der Waals surface area contributed by atoms with Crippen molar-refractivity contribution in [2.24, 2.45) is 0 Å². The molecule has 1 heterocycles. The van der Waals surface area contributed by atoms with Gasteiger partial charge in [-0.25, -0.2) is 0 Å². The van der Waals surface area contributed by atoms with Gasteiger partial charge in [-0.05, 0) is 36.4 Å². The molecule has 126 valence electrons. The highest BCUT2D eigenvalue weighted by atomic mass is 35.5. The molecule has 0 spiro atoms. The maximum atomic E-state index is 12.5. The Hall–Kier alpha value is -2.24. The Bertz CT molecular complexity index is 730. The molecule has 1 saturated heterocycles. The van der Waals surface area contributed by atoms with Crippen molar-refractivity contribution in [1.29, 1.82) is 0 Å². The molecule has 2 aromatic carbocycles. The Morgan fingerprint density at radius 3 is 2.71 bits per heavy atom. The van der Waals surface area contributed by atoms with Crippen molar-refractivity contribution in [3.8, 4) is 5.75 Å². The molecule has 24 heavy (non-hydrogen) atoms. The fourth-order valence-electron chi connectivity index (χ4n) is 2.64. The molecule has 6 heteroatoms. The van der Waals surface area contributed by atoms with Crippen LogP contribution in [0.3, 0.4) is 0 Å². The predicted octanol–water partition coefficient (Wildman–Crippen LogP) is 3.44. The first-order valence-electron chi connectivity index (χ1n) is 7.75. The number of nitrogens with zero attached hydrogens (tertiary/aromatic N) is 1. The summed E-state index contributed by atoms with van der Waals surface area (Å²) in [6.45, 7) is 3.06. The summed E-state index contributed by atoms with van der Waals surface area (Å²) in [5.74, 6) is 0.386. The van der Waals surface area contributed by atoms with Crippen LogP contribution in [0.2, 0.25) is 5.02 Å². The summed E-state index contributed by atoms with van der Waals surface area (Å²) in [7, 11) is 1.58. The Morgan fingerprint density at radius 2 is 2.00 bits per heavy atom. The second-order valence-electron chi connectivity index (χ2n) is 5.45. The zero-order valence-electron chi connectivity index (χ0n) is 13.4. The highest BCUT2D eigenvalue weighted by molar-refractivity contribution is 6.31. The topological polar surface area (TPSA) is 50.8 Å². The summed E-state index contributed by atoms with van der Waals surface area (Å²) in [6, 6.07) is 12.6. The Morgan fingerprint density at radius 1 is 1.21 bits per heavy atom. The van der Waals surface area contributed by atoms with E-state index in [0.717, 1.165) is 18.8 Å². The maximum absolute atomic E-state index is 12.5. The molecule has 1 aliphatic heterocycles. The van der Waals surface area contributed by atoms with Crippen molar-refractivity contribution in [2.75, 3.05) is 43.6 Å². The molecule has 0 aliphatic carbocycles. The van der Waals surface area contributed by atoms with Gasteiger partial charge in [0.2, 0.25) is 0 Å². The zero-order chi connectivity index (χ0) is 16.9. The van der Waals surface area contributed by atoms with Gasteiger partial charge >= 0.3 is 0 Å². The van der Waals surface area contributed by atoms with Crippen molar-refractivity contribution in [3.05, 3.63) is 53.1 Å². The van der Waals surface area contributed by atoms with Crippen LogP contribution in [-0.2, 0) is 4.74 Å². The summed E-state index contributed by atoms with van der Waals surface area (Å²) in [6.07, 6.45) is 0. The van der Waals surface area contributed by atoms with Gasteiger partial charge in [0.25, 0.3) is 5.91 Å². The predicted molar refractivity (Wildman–Crippen MR) is 95.4 cm³/mol. The summed E-state index contributed by atoms with van der Waals surface area (Å²) in [5, 5.41) is 3.43. The average molecular weight is 347 g/mol. The third-order valence-electron chi connectivity index (χ3n) is 3.89. The maximum Gasteiger partial charge on any atom is 0.255 e. The van der Waals surface area contributed by atoms with Crippen molar-refractivity contribution < 1.29 is 14.3 Å². The number of ether oxygens (including phenoxy) is 2. The van der Waals surface area contributed by atoms with E-state index >= 15 is 0 Å². The van der Waals surface area contributed by atoms with Crippen molar-refractivity contribution >= 4 is 28.9 Å². The third kappa shape index (κ3) is 3.80. The number of hydrogen-bond donors (Lipinski definition) is 1. The quantitative estimate of drug-likeness (QED) is 0.921.